The molecule has 0 aliphatic heterocycles. The summed E-state index contributed by atoms with van der Waals surface area (Å²) in [5.74, 6) is 0.456. The van der Waals surface area contributed by atoms with Gasteiger partial charge < -0.3 is 35.2 Å². The third kappa shape index (κ3) is 10.9. The topological polar surface area (TPSA) is 141 Å². The zero-order valence-electron chi connectivity index (χ0n) is 25.8. The molecule has 11 heteroatoms. The molecular weight excluding hydrogens is 564 g/mol. The first-order valence-electron chi connectivity index (χ1n) is 14.3. The lowest BCUT2D eigenvalue weighted by Gasteiger charge is -2.34. The number of ether oxygens (including phenoxy) is 2. The van der Waals surface area contributed by atoms with Crippen molar-refractivity contribution >= 4 is 29.4 Å². The first-order valence-corrected chi connectivity index (χ1v) is 14.3. The molecule has 0 spiro atoms. The quantitative estimate of drug-likeness (QED) is 0.236. The van der Waals surface area contributed by atoms with E-state index < -0.39 is 29.9 Å². The Morgan fingerprint density at radius 2 is 1.43 bits per heavy atom. The Labute approximate surface area is 258 Å². The molecule has 0 bridgehead atoms. The van der Waals surface area contributed by atoms with Crippen molar-refractivity contribution in [3.8, 4) is 5.75 Å². The minimum Gasteiger partial charge on any atom is -0.491 e. The summed E-state index contributed by atoms with van der Waals surface area (Å²) in [5.41, 5.74) is 1.58. The number of hydrogen-bond donors (Lipinski definition) is 4. The van der Waals surface area contributed by atoms with Crippen LogP contribution in [0.4, 0.5) is 21.0 Å². The average Bonchev–Trinajstić information content (AvgIpc) is 2.98. The highest BCUT2D eigenvalue weighted by Gasteiger charge is 2.30. The predicted molar refractivity (Wildman–Crippen MR) is 169 cm³/mol. The van der Waals surface area contributed by atoms with E-state index in [4.69, 9.17) is 9.47 Å². The predicted octanol–water partition coefficient (Wildman–Crippen LogP) is 4.61. The maximum Gasteiger partial charge on any atom is 0.410 e. The van der Waals surface area contributed by atoms with Gasteiger partial charge >= 0.3 is 12.1 Å². The highest BCUT2D eigenvalue weighted by Crippen LogP contribution is 2.19. The molecule has 11 nitrogen and oxygen atoms in total. The second-order valence-corrected chi connectivity index (χ2v) is 11.5. The molecule has 1 unspecified atom stereocenters. The van der Waals surface area contributed by atoms with Gasteiger partial charge in [0.05, 0.1) is 19.2 Å². The Morgan fingerprint density at radius 3 is 1.95 bits per heavy atom. The Hall–Kier alpha value is -4.61. The normalized spacial score (nSPS) is 12.4. The third-order valence-corrected chi connectivity index (χ3v) is 6.35. The number of aliphatic hydroxyl groups is 2. The molecule has 0 heterocycles. The van der Waals surface area contributed by atoms with Crippen molar-refractivity contribution in [3.05, 3.63) is 90.0 Å². The highest BCUT2D eigenvalue weighted by atomic mass is 16.6. The van der Waals surface area contributed by atoms with Crippen LogP contribution in [-0.2, 0) is 11.2 Å². The molecule has 0 radical (unpaired) electrons. The molecule has 0 aliphatic rings. The summed E-state index contributed by atoms with van der Waals surface area (Å²) in [6.45, 7) is 4.70. The zero-order chi connectivity index (χ0) is 32.3. The Bertz CT molecular complexity index is 1360. The molecule has 0 aromatic heterocycles. The van der Waals surface area contributed by atoms with E-state index in [2.05, 4.69) is 10.6 Å². The number of carbonyl (C=O) groups is 3. The lowest BCUT2D eigenvalue weighted by Crippen LogP contribution is -2.50. The first-order chi connectivity index (χ1) is 20.8. The van der Waals surface area contributed by atoms with E-state index in [0.717, 1.165) is 5.56 Å². The van der Waals surface area contributed by atoms with Crippen molar-refractivity contribution in [2.24, 2.45) is 0 Å². The summed E-state index contributed by atoms with van der Waals surface area (Å²) in [7, 11) is 3.34. The van der Waals surface area contributed by atoms with Crippen molar-refractivity contribution in [2.45, 2.75) is 44.9 Å². The Balaban J connectivity index is 1.62. The maximum absolute atomic E-state index is 13.1. The van der Waals surface area contributed by atoms with Gasteiger partial charge in [0.25, 0.3) is 5.91 Å². The molecule has 3 aromatic rings. The standard InChI is InChI=1S/C33H42N4O7/c1-33(2,3)44-32(42)37(20-28(39)22-43-29-9-7-6-8-10-29)27(21-38)19-23-11-15-25(16-12-23)34-31(41)35-26-17-13-24(14-18-26)30(40)36(4)5/h6-18,27-28,38-39H,19-22H2,1-5H3,(H2,34,35,41)/t27-,28?/m0/s1. The molecular formula is C33H42N4O7. The Kier molecular flexibility index (Phi) is 12.1. The minimum atomic E-state index is -1.04. The lowest BCUT2D eigenvalue weighted by molar-refractivity contribution is -0.00891. The summed E-state index contributed by atoms with van der Waals surface area (Å²) >= 11 is 0. The van der Waals surface area contributed by atoms with Gasteiger partial charge in [-0.25, -0.2) is 9.59 Å². The zero-order valence-corrected chi connectivity index (χ0v) is 25.8. The number of amides is 4. The number of anilines is 2. The molecule has 0 fully saturated rings. The second kappa shape index (κ2) is 15.7. The molecule has 3 aromatic carbocycles. The molecule has 4 N–H and O–H groups in total. The largest absolute Gasteiger partial charge is 0.491 e. The van der Waals surface area contributed by atoms with Crippen LogP contribution in [-0.4, -0.2) is 89.6 Å². The van der Waals surface area contributed by atoms with E-state index in [1.165, 1.54) is 9.80 Å². The summed E-state index contributed by atoms with van der Waals surface area (Å²) in [6.07, 6.45) is -1.43. The fraction of sp³-hybridized carbons (Fsp3) is 0.364. The lowest BCUT2D eigenvalue weighted by atomic mass is 10.0. The number of carbonyl (C=O) groups excluding carboxylic acids is 3. The van der Waals surface area contributed by atoms with Crippen LogP contribution >= 0.6 is 0 Å². The number of para-hydroxylation sites is 1. The first kappa shape index (κ1) is 33.9. The molecule has 0 saturated heterocycles. The van der Waals surface area contributed by atoms with Gasteiger partial charge in [-0.15, -0.1) is 0 Å². The van der Waals surface area contributed by atoms with Crippen LogP contribution in [0.15, 0.2) is 78.9 Å². The minimum absolute atomic E-state index is 0.0533. The van der Waals surface area contributed by atoms with E-state index >= 15 is 0 Å². The molecule has 236 valence electrons. The van der Waals surface area contributed by atoms with Crippen molar-refractivity contribution in [1.29, 1.82) is 0 Å². The molecule has 0 saturated carbocycles. The monoisotopic (exact) mass is 606 g/mol. The van der Waals surface area contributed by atoms with E-state index in [1.54, 1.807) is 95.5 Å². The molecule has 2 atom stereocenters. The smallest absolute Gasteiger partial charge is 0.410 e. The summed E-state index contributed by atoms with van der Waals surface area (Å²) < 4.78 is 11.2. The highest BCUT2D eigenvalue weighted by molar-refractivity contribution is 6.00. The molecule has 0 aliphatic carbocycles. The molecule has 44 heavy (non-hydrogen) atoms. The fourth-order valence-electron chi connectivity index (χ4n) is 4.20. The number of hydrogen-bond acceptors (Lipinski definition) is 7. The van der Waals surface area contributed by atoms with Crippen LogP contribution < -0.4 is 15.4 Å². The molecule has 4 amide bonds. The van der Waals surface area contributed by atoms with Crippen LogP contribution in [0.3, 0.4) is 0 Å². The number of benzene rings is 3. The van der Waals surface area contributed by atoms with Gasteiger partial charge in [0.1, 0.15) is 24.1 Å². The number of nitrogens with one attached hydrogen (secondary N) is 2. The number of urea groups is 1. The maximum atomic E-state index is 13.1. The van der Waals surface area contributed by atoms with Crippen molar-refractivity contribution in [2.75, 3.05) is 44.5 Å². The fourth-order valence-corrected chi connectivity index (χ4v) is 4.20. The van der Waals surface area contributed by atoms with Gasteiger partial charge in [-0.3, -0.25) is 9.69 Å². The Morgan fingerprint density at radius 1 is 0.864 bits per heavy atom. The van der Waals surface area contributed by atoms with Gasteiger partial charge in [0.15, 0.2) is 0 Å². The van der Waals surface area contributed by atoms with E-state index in [-0.39, 0.29) is 32.1 Å². The SMILES string of the molecule is CN(C)C(=O)c1ccc(NC(=O)Nc2ccc(C[C@@H](CO)N(CC(O)COc3ccccc3)C(=O)OC(C)(C)C)cc2)cc1. The molecule has 3 rings (SSSR count). The number of nitrogens with zero attached hydrogens (tertiary/aromatic N) is 2. The van der Waals surface area contributed by atoms with Crippen molar-refractivity contribution in [1.82, 2.24) is 9.80 Å². The van der Waals surface area contributed by atoms with Crippen LogP contribution in [0, 0.1) is 0 Å². The van der Waals surface area contributed by atoms with Crippen molar-refractivity contribution < 1.29 is 34.1 Å². The van der Waals surface area contributed by atoms with Crippen LogP contribution in [0.5, 0.6) is 5.75 Å². The number of aliphatic hydroxyl groups excluding tert-OH is 2. The van der Waals surface area contributed by atoms with Crippen LogP contribution in [0.1, 0.15) is 36.7 Å². The van der Waals surface area contributed by atoms with Crippen LogP contribution in [0.2, 0.25) is 0 Å². The van der Waals surface area contributed by atoms with Crippen LogP contribution in [0.25, 0.3) is 0 Å². The van der Waals surface area contributed by atoms with Crippen molar-refractivity contribution in [3.63, 3.8) is 0 Å². The summed E-state index contributed by atoms with van der Waals surface area (Å²) in [4.78, 5) is 40.5. The van der Waals surface area contributed by atoms with Gasteiger partial charge in [-0.05, 0) is 81.3 Å². The van der Waals surface area contributed by atoms with Gasteiger partial charge in [-0.1, -0.05) is 30.3 Å². The van der Waals surface area contributed by atoms with E-state index in [9.17, 15) is 24.6 Å². The summed E-state index contributed by atoms with van der Waals surface area (Å²) in [5, 5.41) is 26.5. The third-order valence-electron chi connectivity index (χ3n) is 6.35. The van der Waals surface area contributed by atoms with E-state index in [1.807, 2.05) is 18.2 Å². The van der Waals surface area contributed by atoms with Gasteiger partial charge in [0.2, 0.25) is 0 Å². The summed E-state index contributed by atoms with van der Waals surface area (Å²) in [6, 6.07) is 21.4. The van der Waals surface area contributed by atoms with Gasteiger partial charge in [-0.2, -0.15) is 0 Å². The number of rotatable bonds is 12. The average molecular weight is 607 g/mol. The van der Waals surface area contributed by atoms with E-state index in [0.29, 0.717) is 22.7 Å². The van der Waals surface area contributed by atoms with Gasteiger partial charge in [0, 0.05) is 31.0 Å². The second-order valence-electron chi connectivity index (χ2n) is 11.5.